The molecule has 0 saturated heterocycles. The summed E-state index contributed by atoms with van der Waals surface area (Å²) < 4.78 is 56.4. The Morgan fingerprint density at radius 3 is 2.41 bits per heavy atom. The van der Waals surface area contributed by atoms with E-state index in [1.165, 1.54) is 0 Å². The number of aromatic nitrogens is 2. The molecule has 8 heteroatoms. The molecule has 1 fully saturated rings. The summed E-state index contributed by atoms with van der Waals surface area (Å²) in [6, 6.07) is 7.36. The molecule has 1 aromatic carbocycles. The minimum atomic E-state index is -4.36. The summed E-state index contributed by atoms with van der Waals surface area (Å²) in [5, 5.41) is 2.94. The molecule has 172 valence electrons. The Kier molecular flexibility index (Phi) is 5.69. The van der Waals surface area contributed by atoms with Crippen LogP contribution in [0.15, 0.2) is 30.5 Å². The average Bonchev–Trinajstić information content (AvgIpc) is 3.35. The van der Waals surface area contributed by atoms with Gasteiger partial charge in [0.1, 0.15) is 11.4 Å². The summed E-state index contributed by atoms with van der Waals surface area (Å²) in [6.45, 7) is 3.94. The minimum absolute atomic E-state index is 0.0225. The van der Waals surface area contributed by atoms with Crippen LogP contribution < -0.4 is 11.1 Å². The Bertz CT molecular complexity index is 1120. The van der Waals surface area contributed by atoms with Crippen molar-refractivity contribution in [3.05, 3.63) is 47.4 Å². The first-order valence-corrected chi connectivity index (χ1v) is 10.9. The Morgan fingerprint density at radius 2 is 1.81 bits per heavy atom. The third-order valence-electron chi connectivity index (χ3n) is 6.54. The molecule has 2 heterocycles. The maximum Gasteiger partial charge on any atom is 0.406 e. The van der Waals surface area contributed by atoms with Crippen molar-refractivity contribution in [3.63, 3.8) is 0 Å². The molecule has 2 aromatic heterocycles. The zero-order valence-electron chi connectivity index (χ0n) is 18.5. The van der Waals surface area contributed by atoms with Crippen molar-refractivity contribution in [3.8, 4) is 11.4 Å². The molecule has 0 spiro atoms. The van der Waals surface area contributed by atoms with Gasteiger partial charge in [0.15, 0.2) is 0 Å². The lowest BCUT2D eigenvalue weighted by atomic mass is 10.0. The number of hydrogen-bond donors (Lipinski definition) is 2. The SMILES string of the molecule is Cc1ccc2c(c(N)c(-c3ccc(CNC(C)(C)C(F)(F)F)cn3)n2C2CCCC2)c1F. The number of hydrogen-bond acceptors (Lipinski definition) is 3. The van der Waals surface area contributed by atoms with E-state index >= 15 is 4.39 Å². The highest BCUT2D eigenvalue weighted by molar-refractivity contribution is 6.01. The third kappa shape index (κ3) is 3.85. The second-order valence-corrected chi connectivity index (χ2v) is 9.19. The van der Waals surface area contributed by atoms with Crippen LogP contribution in [0.3, 0.4) is 0 Å². The second-order valence-electron chi connectivity index (χ2n) is 9.19. The average molecular weight is 449 g/mol. The molecule has 32 heavy (non-hydrogen) atoms. The monoisotopic (exact) mass is 448 g/mol. The molecule has 0 radical (unpaired) electrons. The largest absolute Gasteiger partial charge is 0.406 e. The summed E-state index contributed by atoms with van der Waals surface area (Å²) in [6.07, 6.45) is 1.36. The lowest BCUT2D eigenvalue weighted by Crippen LogP contribution is -2.51. The molecular formula is C24H28F4N4. The molecule has 0 bridgehead atoms. The molecule has 1 aliphatic carbocycles. The number of nitrogens with zero attached hydrogens (tertiary/aromatic N) is 2. The fourth-order valence-electron chi connectivity index (χ4n) is 4.39. The van der Waals surface area contributed by atoms with E-state index in [2.05, 4.69) is 14.9 Å². The molecule has 4 nitrogen and oxygen atoms in total. The summed E-state index contributed by atoms with van der Waals surface area (Å²) in [7, 11) is 0. The highest BCUT2D eigenvalue weighted by atomic mass is 19.4. The molecule has 1 aliphatic rings. The second kappa shape index (κ2) is 8.06. The number of alkyl halides is 3. The summed E-state index contributed by atoms with van der Waals surface area (Å²) in [4.78, 5) is 4.51. The van der Waals surface area contributed by atoms with Crippen LogP contribution in [0.2, 0.25) is 0 Å². The third-order valence-corrected chi connectivity index (χ3v) is 6.54. The molecule has 3 aromatic rings. The topological polar surface area (TPSA) is 55.9 Å². The summed E-state index contributed by atoms with van der Waals surface area (Å²) in [5.41, 5.74) is 7.97. The zero-order chi connectivity index (χ0) is 23.3. The van der Waals surface area contributed by atoms with E-state index in [9.17, 15) is 13.2 Å². The number of fused-ring (bicyclic) bond motifs is 1. The fraction of sp³-hybridized carbons (Fsp3) is 0.458. The first-order chi connectivity index (χ1) is 15.0. The van der Waals surface area contributed by atoms with Gasteiger partial charge in [0, 0.05) is 18.8 Å². The summed E-state index contributed by atoms with van der Waals surface area (Å²) >= 11 is 0. The van der Waals surface area contributed by atoms with E-state index in [-0.39, 0.29) is 18.4 Å². The molecule has 0 amide bonds. The van der Waals surface area contributed by atoms with Crippen LogP contribution in [-0.2, 0) is 6.54 Å². The number of anilines is 1. The molecule has 0 unspecified atom stereocenters. The Hall–Kier alpha value is -2.61. The van der Waals surface area contributed by atoms with Crippen LogP contribution in [0.1, 0.15) is 56.7 Å². The lowest BCUT2D eigenvalue weighted by molar-refractivity contribution is -0.186. The van der Waals surface area contributed by atoms with E-state index in [0.29, 0.717) is 33.6 Å². The Labute approximate surface area is 184 Å². The van der Waals surface area contributed by atoms with Crippen molar-refractivity contribution < 1.29 is 17.6 Å². The number of rotatable bonds is 5. The highest BCUT2D eigenvalue weighted by Crippen LogP contribution is 2.43. The van der Waals surface area contributed by atoms with Crippen molar-refractivity contribution in [2.75, 3.05) is 5.73 Å². The van der Waals surface area contributed by atoms with Gasteiger partial charge >= 0.3 is 6.18 Å². The lowest BCUT2D eigenvalue weighted by Gasteiger charge is -2.29. The standard InChI is InChI=1S/C24H28F4N4/c1-14-8-11-18-19(20(14)25)21(29)22(32(18)16-6-4-5-7-16)17-10-9-15(12-30-17)13-31-23(2,3)24(26,27)28/h8-12,16,31H,4-7,13,29H2,1-3H3. The number of nitrogens with one attached hydrogen (secondary N) is 1. The van der Waals surface area contributed by atoms with Gasteiger partial charge in [-0.15, -0.1) is 0 Å². The van der Waals surface area contributed by atoms with Gasteiger partial charge in [-0.1, -0.05) is 25.0 Å². The van der Waals surface area contributed by atoms with Crippen LogP contribution in [0.4, 0.5) is 23.2 Å². The van der Waals surface area contributed by atoms with E-state index in [0.717, 1.165) is 45.0 Å². The first-order valence-electron chi connectivity index (χ1n) is 10.9. The fourth-order valence-corrected chi connectivity index (χ4v) is 4.39. The predicted octanol–water partition coefficient (Wildman–Crippen LogP) is 6.28. The number of nitrogens with two attached hydrogens (primary N) is 1. The van der Waals surface area contributed by atoms with Crippen LogP contribution in [0.25, 0.3) is 22.3 Å². The van der Waals surface area contributed by atoms with Gasteiger partial charge in [-0.25, -0.2) is 4.39 Å². The molecule has 4 rings (SSSR count). The smallest absolute Gasteiger partial charge is 0.396 e. The summed E-state index contributed by atoms with van der Waals surface area (Å²) in [5.74, 6) is -0.326. The van der Waals surface area contributed by atoms with Gasteiger partial charge in [0.05, 0.1) is 28.0 Å². The van der Waals surface area contributed by atoms with Gasteiger partial charge in [-0.2, -0.15) is 13.2 Å². The minimum Gasteiger partial charge on any atom is -0.396 e. The maximum atomic E-state index is 15.0. The van der Waals surface area contributed by atoms with Crippen molar-refractivity contribution in [1.29, 1.82) is 0 Å². The number of benzene rings is 1. The Morgan fingerprint density at radius 1 is 1.12 bits per heavy atom. The Balaban J connectivity index is 1.73. The predicted molar refractivity (Wildman–Crippen MR) is 119 cm³/mol. The van der Waals surface area contributed by atoms with Crippen LogP contribution in [-0.4, -0.2) is 21.3 Å². The van der Waals surface area contributed by atoms with Gasteiger partial charge in [-0.05, 0) is 56.9 Å². The van der Waals surface area contributed by atoms with Gasteiger partial charge < -0.3 is 10.3 Å². The van der Waals surface area contributed by atoms with Crippen LogP contribution in [0, 0.1) is 12.7 Å². The quantitative estimate of drug-likeness (QED) is 0.452. The van der Waals surface area contributed by atoms with Crippen LogP contribution >= 0.6 is 0 Å². The molecule has 1 saturated carbocycles. The zero-order valence-corrected chi connectivity index (χ0v) is 18.5. The number of aryl methyl sites for hydroxylation is 1. The molecule has 3 N–H and O–H groups in total. The van der Waals surface area contributed by atoms with E-state index in [4.69, 9.17) is 5.73 Å². The maximum absolute atomic E-state index is 15.0. The van der Waals surface area contributed by atoms with Gasteiger partial charge in [-0.3, -0.25) is 10.3 Å². The number of nitrogen functional groups attached to an aromatic ring is 1. The van der Waals surface area contributed by atoms with Crippen LogP contribution in [0.5, 0.6) is 0 Å². The first kappa shape index (κ1) is 22.6. The van der Waals surface area contributed by atoms with E-state index in [1.54, 1.807) is 31.3 Å². The number of pyridine rings is 1. The van der Waals surface area contributed by atoms with E-state index in [1.807, 2.05) is 6.07 Å². The van der Waals surface area contributed by atoms with Crippen molar-refractivity contribution >= 4 is 16.6 Å². The van der Waals surface area contributed by atoms with Crippen molar-refractivity contribution in [1.82, 2.24) is 14.9 Å². The van der Waals surface area contributed by atoms with Crippen molar-refractivity contribution in [2.45, 2.75) is 70.8 Å². The molecule has 0 aliphatic heterocycles. The van der Waals surface area contributed by atoms with Gasteiger partial charge in [0.2, 0.25) is 0 Å². The molecular weight excluding hydrogens is 420 g/mol. The highest BCUT2D eigenvalue weighted by Gasteiger charge is 2.46. The van der Waals surface area contributed by atoms with Gasteiger partial charge in [0.25, 0.3) is 0 Å². The van der Waals surface area contributed by atoms with E-state index < -0.39 is 11.7 Å². The molecule has 0 atom stereocenters. The number of halogens is 4. The van der Waals surface area contributed by atoms with Crippen molar-refractivity contribution in [2.24, 2.45) is 0 Å². The normalized spacial score (nSPS) is 15.7.